The fourth-order valence-corrected chi connectivity index (χ4v) is 2.68. The van der Waals surface area contributed by atoms with Gasteiger partial charge in [-0.15, -0.1) is 11.7 Å². The molecule has 3 rings (SSSR count). The van der Waals surface area contributed by atoms with Crippen molar-refractivity contribution in [2.45, 2.75) is 32.0 Å². The Labute approximate surface area is 148 Å². The molecule has 2 heterocycles. The van der Waals surface area contributed by atoms with Crippen LogP contribution in [0.25, 0.3) is 5.78 Å². The van der Waals surface area contributed by atoms with Gasteiger partial charge in [0.1, 0.15) is 5.82 Å². The molecule has 5 nitrogen and oxygen atoms in total. The van der Waals surface area contributed by atoms with Crippen molar-refractivity contribution in [2.24, 2.45) is 0 Å². The van der Waals surface area contributed by atoms with E-state index in [0.29, 0.717) is 11.5 Å². The molecule has 0 aliphatic heterocycles. The predicted molar refractivity (Wildman–Crippen MR) is 92.8 cm³/mol. The van der Waals surface area contributed by atoms with Gasteiger partial charge in [0, 0.05) is 11.8 Å². The van der Waals surface area contributed by atoms with Crippen LogP contribution in [0.2, 0.25) is 0 Å². The van der Waals surface area contributed by atoms with Gasteiger partial charge in [0.2, 0.25) is 0 Å². The third-order valence-electron chi connectivity index (χ3n) is 3.88. The number of anilines is 1. The third kappa shape index (κ3) is 3.84. The van der Waals surface area contributed by atoms with Crippen LogP contribution in [0, 0.1) is 6.92 Å². The third-order valence-corrected chi connectivity index (χ3v) is 3.88. The number of alkyl halides is 3. The summed E-state index contributed by atoms with van der Waals surface area (Å²) in [6.07, 6.45) is -1.33. The van der Waals surface area contributed by atoms with Crippen LogP contribution in [0.15, 0.2) is 49.1 Å². The number of hydrogen-bond acceptors (Lipinski definition) is 4. The Morgan fingerprint density at radius 1 is 1.23 bits per heavy atom. The maximum absolute atomic E-state index is 13.0. The lowest BCUT2D eigenvalue weighted by atomic mass is 10.0. The van der Waals surface area contributed by atoms with Crippen LogP contribution in [0.3, 0.4) is 0 Å². The molecule has 2 aromatic heterocycles. The number of aryl methyl sites for hydroxylation is 1. The lowest BCUT2D eigenvalue weighted by molar-refractivity contribution is -0.144. The van der Waals surface area contributed by atoms with Crippen molar-refractivity contribution in [3.05, 3.63) is 66.1 Å². The Morgan fingerprint density at radius 3 is 2.62 bits per heavy atom. The summed E-state index contributed by atoms with van der Waals surface area (Å²) >= 11 is 0. The Morgan fingerprint density at radius 2 is 1.96 bits per heavy atom. The Hall–Kier alpha value is -2.90. The van der Waals surface area contributed by atoms with E-state index in [2.05, 4.69) is 27.0 Å². The van der Waals surface area contributed by atoms with Gasteiger partial charge in [-0.3, -0.25) is 0 Å². The van der Waals surface area contributed by atoms with Crippen molar-refractivity contribution >= 4 is 11.6 Å². The zero-order valence-corrected chi connectivity index (χ0v) is 14.2. The highest BCUT2D eigenvalue weighted by molar-refractivity contribution is 5.47. The Bertz CT molecular complexity index is 902. The number of nitrogens with one attached hydrogen (secondary N) is 1. The number of benzene rings is 1. The van der Waals surface area contributed by atoms with Gasteiger partial charge in [0.05, 0.1) is 6.04 Å². The van der Waals surface area contributed by atoms with E-state index in [-0.39, 0.29) is 11.8 Å². The first-order chi connectivity index (χ1) is 12.4. The smallest absolute Gasteiger partial charge is 0.363 e. The number of hydrogen-bond donors (Lipinski definition) is 1. The fourth-order valence-electron chi connectivity index (χ4n) is 2.68. The summed E-state index contributed by atoms with van der Waals surface area (Å²) in [6, 6.07) is 11.2. The maximum atomic E-state index is 13.0. The first-order valence-corrected chi connectivity index (χ1v) is 8.12. The molecule has 136 valence electrons. The summed E-state index contributed by atoms with van der Waals surface area (Å²) in [6.45, 7) is 5.44. The number of halogens is 3. The molecule has 0 fully saturated rings. The summed E-state index contributed by atoms with van der Waals surface area (Å²) in [5.74, 6) is -0.884. The van der Waals surface area contributed by atoms with E-state index in [4.69, 9.17) is 0 Å². The Balaban J connectivity index is 2.02. The molecule has 0 bridgehead atoms. The summed E-state index contributed by atoms with van der Waals surface area (Å²) in [4.78, 5) is 7.55. The highest BCUT2D eigenvalue weighted by atomic mass is 19.4. The second-order valence-electron chi connectivity index (χ2n) is 5.90. The highest BCUT2D eigenvalue weighted by Gasteiger charge is 2.37. The molecule has 1 atom stereocenters. The largest absolute Gasteiger partial charge is 0.453 e. The monoisotopic (exact) mass is 361 g/mol. The molecule has 1 unspecified atom stereocenters. The molecule has 1 N–H and O–H groups in total. The zero-order valence-electron chi connectivity index (χ0n) is 14.2. The van der Waals surface area contributed by atoms with Gasteiger partial charge in [0.25, 0.3) is 11.6 Å². The lowest BCUT2D eigenvalue weighted by Crippen LogP contribution is -2.14. The van der Waals surface area contributed by atoms with Gasteiger partial charge in [-0.05, 0) is 25.3 Å². The molecule has 8 heteroatoms. The van der Waals surface area contributed by atoms with Gasteiger partial charge in [0.15, 0.2) is 0 Å². The number of rotatable bonds is 6. The average Bonchev–Trinajstić information content (AvgIpc) is 3.03. The van der Waals surface area contributed by atoms with Crippen LogP contribution >= 0.6 is 0 Å². The van der Waals surface area contributed by atoms with Crippen molar-refractivity contribution in [1.82, 2.24) is 19.6 Å². The molecule has 0 radical (unpaired) electrons. The number of aromatic nitrogens is 4. The molecule has 0 spiro atoms. The normalized spacial score (nSPS) is 12.9. The van der Waals surface area contributed by atoms with Crippen molar-refractivity contribution < 1.29 is 13.2 Å². The van der Waals surface area contributed by atoms with Gasteiger partial charge in [-0.25, -0.2) is 4.98 Å². The topological polar surface area (TPSA) is 55.1 Å². The number of nitrogens with zero attached hydrogens (tertiary/aromatic N) is 4. The lowest BCUT2D eigenvalue weighted by Gasteiger charge is -2.20. The van der Waals surface area contributed by atoms with E-state index in [1.807, 2.05) is 36.4 Å². The van der Waals surface area contributed by atoms with Crippen molar-refractivity contribution in [1.29, 1.82) is 0 Å². The van der Waals surface area contributed by atoms with Crippen LogP contribution < -0.4 is 5.32 Å². The summed E-state index contributed by atoms with van der Waals surface area (Å²) in [5.41, 5.74) is 1.57. The van der Waals surface area contributed by atoms with Gasteiger partial charge in [-0.2, -0.15) is 22.7 Å². The van der Waals surface area contributed by atoms with E-state index in [1.54, 1.807) is 13.0 Å². The quantitative estimate of drug-likeness (QED) is 0.654. The van der Waals surface area contributed by atoms with E-state index < -0.39 is 12.0 Å². The number of allylic oxidation sites excluding steroid dienone is 1. The average molecular weight is 361 g/mol. The summed E-state index contributed by atoms with van der Waals surface area (Å²) < 4.78 is 40.0. The van der Waals surface area contributed by atoms with E-state index in [1.165, 1.54) is 0 Å². The maximum Gasteiger partial charge on any atom is 0.453 e. The fraction of sp³-hybridized carbons (Fsp3) is 0.278. The summed E-state index contributed by atoms with van der Waals surface area (Å²) in [5, 5.41) is 6.87. The standard InChI is InChI=1S/C18H18F3N5/c1-3-4-10-14(13-8-6-5-7-9-13)23-15-11-12(2)22-17-24-16(18(19,20)21)25-26(15)17/h3,5-9,11,14,23H,1,4,10H2,2H3. The molecular weight excluding hydrogens is 343 g/mol. The second-order valence-corrected chi connectivity index (χ2v) is 5.90. The molecule has 1 aromatic carbocycles. The van der Waals surface area contributed by atoms with Crippen molar-refractivity contribution in [3.63, 3.8) is 0 Å². The Kier molecular flexibility index (Phi) is 4.92. The molecule has 0 amide bonds. The molecule has 0 saturated carbocycles. The summed E-state index contributed by atoms with van der Waals surface area (Å²) in [7, 11) is 0. The minimum Gasteiger partial charge on any atom is -0.363 e. The van der Waals surface area contributed by atoms with E-state index >= 15 is 0 Å². The first-order valence-electron chi connectivity index (χ1n) is 8.12. The predicted octanol–water partition coefficient (Wildman–Crippen LogP) is 4.57. The van der Waals surface area contributed by atoms with Crippen molar-refractivity contribution in [2.75, 3.05) is 5.32 Å². The van der Waals surface area contributed by atoms with Crippen molar-refractivity contribution in [3.8, 4) is 0 Å². The second kappa shape index (κ2) is 7.15. The molecular formula is C18H18F3N5. The SMILES string of the molecule is C=CCCC(Nc1cc(C)nc2nc(C(F)(F)F)nn12)c1ccccc1. The van der Waals surface area contributed by atoms with Crippen LogP contribution in [0.5, 0.6) is 0 Å². The van der Waals surface area contributed by atoms with E-state index in [0.717, 1.165) is 22.9 Å². The van der Waals surface area contributed by atoms with Gasteiger partial charge < -0.3 is 5.32 Å². The molecule has 26 heavy (non-hydrogen) atoms. The van der Waals surface area contributed by atoms with E-state index in [9.17, 15) is 13.2 Å². The molecule has 0 aliphatic carbocycles. The van der Waals surface area contributed by atoms with Gasteiger partial charge >= 0.3 is 6.18 Å². The molecule has 0 aliphatic rings. The highest BCUT2D eigenvalue weighted by Crippen LogP contribution is 2.28. The zero-order chi connectivity index (χ0) is 18.7. The minimum absolute atomic E-state index is 0.0876. The molecule has 3 aromatic rings. The number of fused-ring (bicyclic) bond motifs is 1. The first kappa shape index (κ1) is 17.9. The van der Waals surface area contributed by atoms with Crippen LogP contribution in [-0.2, 0) is 6.18 Å². The van der Waals surface area contributed by atoms with Crippen LogP contribution in [0.1, 0.15) is 36.0 Å². The minimum atomic E-state index is -4.62. The molecule has 0 saturated heterocycles. The van der Waals surface area contributed by atoms with Crippen LogP contribution in [0.4, 0.5) is 19.0 Å². The van der Waals surface area contributed by atoms with Crippen LogP contribution in [-0.4, -0.2) is 19.6 Å². The van der Waals surface area contributed by atoms with Gasteiger partial charge in [-0.1, -0.05) is 36.4 Å².